The van der Waals surface area contributed by atoms with Crippen LogP contribution in [0.25, 0.3) is 16.9 Å². The number of para-hydroxylation sites is 1. The molecule has 35 heavy (non-hydrogen) atoms. The first-order valence-electron chi connectivity index (χ1n) is 11.1. The topological polar surface area (TPSA) is 79.7 Å². The Morgan fingerprint density at radius 3 is 1.97 bits per heavy atom. The van der Waals surface area contributed by atoms with Crippen LogP contribution < -0.4 is 4.74 Å². The van der Waals surface area contributed by atoms with Crippen molar-refractivity contribution in [2.75, 3.05) is 14.2 Å². The molecule has 0 bridgehead atoms. The maximum Gasteiger partial charge on any atom is 0.357 e. The van der Waals surface area contributed by atoms with E-state index < -0.39 is 11.9 Å². The minimum atomic E-state index is -0.689. The van der Waals surface area contributed by atoms with Crippen molar-refractivity contribution < 1.29 is 23.8 Å². The standard InChI is InChI=1S/C28H26N2O5/c1-18-15-22(35-17-20-11-7-5-8-12-20)16-19(2)23(18)25-24(27(31)33-3)26(28(32)34-4)30(29-25)21-13-9-6-10-14-21/h5-16H,17H2,1-4H3. The lowest BCUT2D eigenvalue weighted by molar-refractivity contribution is 0.0549. The van der Waals surface area contributed by atoms with Gasteiger partial charge < -0.3 is 14.2 Å². The van der Waals surface area contributed by atoms with Crippen LogP contribution in [0.3, 0.4) is 0 Å². The molecule has 7 nitrogen and oxygen atoms in total. The summed E-state index contributed by atoms with van der Waals surface area (Å²) in [5.74, 6) is -0.667. The molecule has 4 rings (SSSR count). The normalized spacial score (nSPS) is 10.6. The van der Waals surface area contributed by atoms with Crippen molar-refractivity contribution in [3.63, 3.8) is 0 Å². The van der Waals surface area contributed by atoms with Crippen LogP contribution in [0.15, 0.2) is 72.8 Å². The van der Waals surface area contributed by atoms with Gasteiger partial charge in [-0.25, -0.2) is 14.3 Å². The molecule has 3 aromatic carbocycles. The highest BCUT2D eigenvalue weighted by atomic mass is 16.5. The summed E-state index contributed by atoms with van der Waals surface area (Å²) < 4.78 is 17.5. The summed E-state index contributed by atoms with van der Waals surface area (Å²) in [6.45, 7) is 4.26. The third-order valence-corrected chi connectivity index (χ3v) is 5.65. The van der Waals surface area contributed by atoms with Crippen molar-refractivity contribution >= 4 is 11.9 Å². The zero-order valence-electron chi connectivity index (χ0n) is 20.1. The smallest absolute Gasteiger partial charge is 0.357 e. The molecule has 0 fully saturated rings. The van der Waals surface area contributed by atoms with Gasteiger partial charge in [0, 0.05) is 5.56 Å². The second kappa shape index (κ2) is 10.3. The molecule has 0 spiro atoms. The number of hydrogen-bond acceptors (Lipinski definition) is 6. The molecule has 0 saturated carbocycles. The van der Waals surface area contributed by atoms with Crippen molar-refractivity contribution in [3.8, 4) is 22.7 Å². The molecule has 0 atom stereocenters. The zero-order valence-corrected chi connectivity index (χ0v) is 20.1. The Kier molecular flexibility index (Phi) is 6.96. The first-order valence-corrected chi connectivity index (χ1v) is 11.1. The van der Waals surface area contributed by atoms with Crippen LogP contribution in [-0.4, -0.2) is 35.9 Å². The van der Waals surface area contributed by atoms with Gasteiger partial charge in [-0.05, 0) is 54.8 Å². The van der Waals surface area contributed by atoms with Crippen molar-refractivity contribution in [1.82, 2.24) is 9.78 Å². The van der Waals surface area contributed by atoms with Crippen LogP contribution in [0.1, 0.15) is 37.5 Å². The van der Waals surface area contributed by atoms with Gasteiger partial charge in [0.1, 0.15) is 23.6 Å². The average Bonchev–Trinajstić information content (AvgIpc) is 3.27. The molecule has 4 aromatic rings. The Hall–Kier alpha value is -4.39. The molecule has 0 radical (unpaired) electrons. The summed E-state index contributed by atoms with van der Waals surface area (Å²) in [6, 6.07) is 22.8. The molecule has 0 saturated heterocycles. The van der Waals surface area contributed by atoms with Gasteiger partial charge in [0.2, 0.25) is 0 Å². The number of carbonyl (C=O) groups is 2. The molecule has 1 aromatic heterocycles. The summed E-state index contributed by atoms with van der Waals surface area (Å²) in [5.41, 5.74) is 4.46. The second-order valence-corrected chi connectivity index (χ2v) is 8.01. The van der Waals surface area contributed by atoms with E-state index in [0.717, 1.165) is 22.3 Å². The lowest BCUT2D eigenvalue weighted by atomic mass is 9.96. The largest absolute Gasteiger partial charge is 0.489 e. The number of aryl methyl sites for hydroxylation is 2. The molecule has 0 N–H and O–H groups in total. The van der Waals surface area contributed by atoms with Gasteiger partial charge in [0.15, 0.2) is 5.69 Å². The minimum Gasteiger partial charge on any atom is -0.489 e. The molecule has 178 valence electrons. The molecule has 0 aliphatic carbocycles. The van der Waals surface area contributed by atoms with E-state index in [9.17, 15) is 9.59 Å². The fourth-order valence-corrected chi connectivity index (χ4v) is 4.05. The predicted octanol–water partition coefficient (Wildman–Crippen LogP) is 5.31. The Labute approximate surface area is 203 Å². The number of benzene rings is 3. The molecule has 0 aliphatic heterocycles. The van der Waals surface area contributed by atoms with E-state index in [1.165, 1.54) is 18.9 Å². The predicted molar refractivity (Wildman–Crippen MR) is 132 cm³/mol. The van der Waals surface area contributed by atoms with Crippen molar-refractivity contribution in [1.29, 1.82) is 0 Å². The molecular weight excluding hydrogens is 444 g/mol. The first kappa shape index (κ1) is 23.8. The lowest BCUT2D eigenvalue weighted by Gasteiger charge is -2.13. The Balaban J connectivity index is 1.85. The number of ether oxygens (including phenoxy) is 3. The van der Waals surface area contributed by atoms with Crippen LogP contribution in [0.5, 0.6) is 5.75 Å². The van der Waals surface area contributed by atoms with Crippen LogP contribution in [-0.2, 0) is 16.1 Å². The fourth-order valence-electron chi connectivity index (χ4n) is 4.05. The van der Waals surface area contributed by atoms with Crippen LogP contribution in [0, 0.1) is 13.8 Å². The monoisotopic (exact) mass is 470 g/mol. The molecule has 0 unspecified atom stereocenters. The third-order valence-electron chi connectivity index (χ3n) is 5.65. The zero-order chi connectivity index (χ0) is 24.9. The van der Waals surface area contributed by atoms with Crippen LogP contribution >= 0.6 is 0 Å². The van der Waals surface area contributed by atoms with E-state index in [1.54, 1.807) is 12.1 Å². The van der Waals surface area contributed by atoms with Gasteiger partial charge in [-0.3, -0.25) is 0 Å². The Bertz CT molecular complexity index is 1340. The van der Waals surface area contributed by atoms with Crippen molar-refractivity contribution in [3.05, 3.63) is 101 Å². The SMILES string of the molecule is COC(=O)c1c(-c2c(C)cc(OCc3ccccc3)cc2C)nn(-c2ccccc2)c1C(=O)OC. The molecule has 7 heteroatoms. The van der Waals surface area contributed by atoms with Gasteiger partial charge in [0.05, 0.1) is 19.9 Å². The number of rotatable bonds is 7. The number of methoxy groups -OCH3 is 2. The van der Waals surface area contributed by atoms with Gasteiger partial charge >= 0.3 is 11.9 Å². The maximum atomic E-state index is 12.9. The number of nitrogens with zero attached hydrogens (tertiary/aromatic N) is 2. The minimum absolute atomic E-state index is 0.00348. The van der Waals surface area contributed by atoms with Crippen molar-refractivity contribution in [2.45, 2.75) is 20.5 Å². The second-order valence-electron chi connectivity index (χ2n) is 8.01. The molecule has 1 heterocycles. The Morgan fingerprint density at radius 2 is 1.40 bits per heavy atom. The quantitative estimate of drug-likeness (QED) is 0.341. The summed E-state index contributed by atoms with van der Waals surface area (Å²) >= 11 is 0. The van der Waals surface area contributed by atoms with E-state index in [4.69, 9.17) is 19.3 Å². The molecule has 0 aliphatic rings. The van der Waals surface area contributed by atoms with Gasteiger partial charge in [-0.1, -0.05) is 48.5 Å². The highest BCUT2D eigenvalue weighted by Crippen LogP contribution is 2.35. The molecular formula is C28H26N2O5. The first-order chi connectivity index (χ1) is 16.9. The van der Waals surface area contributed by atoms with E-state index in [2.05, 4.69) is 0 Å². The average molecular weight is 471 g/mol. The maximum absolute atomic E-state index is 12.9. The van der Waals surface area contributed by atoms with Gasteiger partial charge in [-0.15, -0.1) is 0 Å². The van der Waals surface area contributed by atoms with Gasteiger partial charge in [0.25, 0.3) is 0 Å². The Morgan fingerprint density at radius 1 is 0.829 bits per heavy atom. The van der Waals surface area contributed by atoms with Crippen LogP contribution in [0.2, 0.25) is 0 Å². The number of carbonyl (C=O) groups excluding carboxylic acids is 2. The highest BCUT2D eigenvalue weighted by Gasteiger charge is 2.32. The summed E-state index contributed by atoms with van der Waals surface area (Å²) in [4.78, 5) is 25.8. The highest BCUT2D eigenvalue weighted by molar-refractivity contribution is 6.07. The lowest BCUT2D eigenvalue weighted by Crippen LogP contribution is -2.15. The van der Waals surface area contributed by atoms with E-state index in [0.29, 0.717) is 23.7 Å². The summed E-state index contributed by atoms with van der Waals surface area (Å²) in [7, 11) is 2.54. The van der Waals surface area contributed by atoms with E-state index >= 15 is 0 Å². The van der Waals surface area contributed by atoms with Gasteiger partial charge in [-0.2, -0.15) is 5.10 Å². The van der Waals surface area contributed by atoms with Crippen LogP contribution in [0.4, 0.5) is 0 Å². The fraction of sp³-hybridized carbons (Fsp3) is 0.179. The van der Waals surface area contributed by atoms with Crippen molar-refractivity contribution in [2.24, 2.45) is 0 Å². The summed E-state index contributed by atoms with van der Waals surface area (Å²) in [5, 5.41) is 4.71. The third kappa shape index (κ3) is 4.80. The number of aromatic nitrogens is 2. The van der Waals surface area contributed by atoms with E-state index in [1.807, 2.05) is 74.5 Å². The van der Waals surface area contributed by atoms with E-state index in [-0.39, 0.29) is 11.3 Å². The number of hydrogen-bond donors (Lipinski definition) is 0. The summed E-state index contributed by atoms with van der Waals surface area (Å²) in [6.07, 6.45) is 0. The number of esters is 2. The molecule has 0 amide bonds.